The van der Waals surface area contributed by atoms with Gasteiger partial charge in [-0.2, -0.15) is 0 Å². The van der Waals surface area contributed by atoms with Gasteiger partial charge in [0.1, 0.15) is 5.01 Å². The minimum atomic E-state index is -0.0205. The van der Waals surface area contributed by atoms with Crippen LogP contribution in [0.1, 0.15) is 32.2 Å². The number of nitrogens with one attached hydrogen (secondary N) is 1. The van der Waals surface area contributed by atoms with Crippen LogP contribution >= 0.6 is 11.3 Å². The van der Waals surface area contributed by atoms with Gasteiger partial charge >= 0.3 is 0 Å². The minimum Gasteiger partial charge on any atom is -0.299 e. The summed E-state index contributed by atoms with van der Waals surface area (Å²) in [4.78, 5) is 13.8. The highest BCUT2D eigenvalue weighted by Gasteiger charge is 2.10. The van der Waals surface area contributed by atoms with Crippen molar-refractivity contribution < 1.29 is 4.79 Å². The highest BCUT2D eigenvalue weighted by molar-refractivity contribution is 7.15. The first-order valence-electron chi connectivity index (χ1n) is 6.04. The zero-order valence-electron chi connectivity index (χ0n) is 10.7. The number of aromatic nitrogens is 2. The summed E-state index contributed by atoms with van der Waals surface area (Å²) in [5, 5.41) is 12.3. The van der Waals surface area contributed by atoms with Crippen molar-refractivity contribution in [1.29, 1.82) is 0 Å². The van der Waals surface area contributed by atoms with Gasteiger partial charge in [-0.1, -0.05) is 32.1 Å². The summed E-state index contributed by atoms with van der Waals surface area (Å²) < 4.78 is 0. The molecule has 1 aromatic rings. The van der Waals surface area contributed by atoms with Gasteiger partial charge in [-0.25, -0.2) is 0 Å². The average Bonchev–Trinajstić information content (AvgIpc) is 2.74. The highest BCUT2D eigenvalue weighted by atomic mass is 32.1. The second-order valence-electron chi connectivity index (χ2n) is 3.76. The van der Waals surface area contributed by atoms with Gasteiger partial charge in [0.05, 0.1) is 6.54 Å². The molecule has 1 N–H and O–H groups in total. The quantitative estimate of drug-likeness (QED) is 0.808. The van der Waals surface area contributed by atoms with Gasteiger partial charge in [-0.05, 0) is 19.5 Å². The second-order valence-corrected chi connectivity index (χ2v) is 4.82. The van der Waals surface area contributed by atoms with E-state index in [0.29, 0.717) is 11.7 Å². The molecule has 6 heteroatoms. The largest absolute Gasteiger partial charge is 0.299 e. The van der Waals surface area contributed by atoms with Crippen LogP contribution in [0, 0.1) is 0 Å². The Hall–Kier alpha value is -1.01. The number of carbonyl (C=O) groups is 1. The molecular weight excluding hydrogens is 236 g/mol. The van der Waals surface area contributed by atoms with Crippen LogP contribution in [0.4, 0.5) is 5.13 Å². The lowest BCUT2D eigenvalue weighted by Crippen LogP contribution is -2.32. The molecule has 0 aliphatic rings. The molecule has 0 saturated heterocycles. The standard InChI is InChI=1S/C11H20N4OS/c1-4-7-10-13-14-11(17-10)12-9(16)8-15(5-2)6-3/h4-8H2,1-3H3,(H,12,14,16). The maximum Gasteiger partial charge on any atom is 0.240 e. The summed E-state index contributed by atoms with van der Waals surface area (Å²) in [6, 6.07) is 0. The molecule has 0 spiro atoms. The third-order valence-corrected chi connectivity index (χ3v) is 3.34. The SMILES string of the molecule is CCCc1nnc(NC(=O)CN(CC)CC)s1. The number of anilines is 1. The lowest BCUT2D eigenvalue weighted by atomic mass is 10.4. The Balaban J connectivity index is 2.44. The van der Waals surface area contributed by atoms with Crippen molar-refractivity contribution >= 4 is 22.4 Å². The number of rotatable bonds is 7. The fraction of sp³-hybridized carbons (Fsp3) is 0.727. The third-order valence-electron chi connectivity index (χ3n) is 2.44. The number of hydrogen-bond donors (Lipinski definition) is 1. The van der Waals surface area contributed by atoms with Gasteiger partial charge in [0.25, 0.3) is 0 Å². The molecule has 17 heavy (non-hydrogen) atoms. The Kier molecular flexibility index (Phi) is 6.07. The number of aryl methyl sites for hydroxylation is 1. The van der Waals surface area contributed by atoms with E-state index in [1.54, 1.807) is 0 Å². The van der Waals surface area contributed by atoms with Crippen LogP contribution in [0.25, 0.3) is 0 Å². The predicted octanol–water partition coefficient (Wildman–Crippen LogP) is 1.77. The van der Waals surface area contributed by atoms with Gasteiger partial charge in [-0.3, -0.25) is 15.0 Å². The Morgan fingerprint density at radius 1 is 1.29 bits per heavy atom. The molecule has 1 amide bonds. The number of amides is 1. The topological polar surface area (TPSA) is 58.1 Å². The van der Waals surface area contributed by atoms with E-state index in [4.69, 9.17) is 0 Å². The number of likely N-dealkylation sites (N-methyl/N-ethyl adjacent to an activating group) is 1. The Morgan fingerprint density at radius 3 is 2.59 bits per heavy atom. The molecule has 0 radical (unpaired) electrons. The fourth-order valence-corrected chi connectivity index (χ4v) is 2.29. The third kappa shape index (κ3) is 4.79. The summed E-state index contributed by atoms with van der Waals surface area (Å²) in [6.45, 7) is 8.35. The van der Waals surface area contributed by atoms with Crippen molar-refractivity contribution in [3.63, 3.8) is 0 Å². The van der Waals surface area contributed by atoms with Crippen LogP contribution in [0.2, 0.25) is 0 Å². The summed E-state index contributed by atoms with van der Waals surface area (Å²) >= 11 is 1.46. The maximum absolute atomic E-state index is 11.7. The van der Waals surface area contributed by atoms with Crippen LogP contribution < -0.4 is 5.32 Å². The Bertz CT molecular complexity index is 349. The first-order chi connectivity index (χ1) is 8.19. The van der Waals surface area contributed by atoms with E-state index in [-0.39, 0.29) is 5.91 Å². The molecule has 0 saturated carbocycles. The minimum absolute atomic E-state index is 0.0205. The van der Waals surface area contributed by atoms with Crippen LogP contribution in [0.5, 0.6) is 0 Å². The van der Waals surface area contributed by atoms with Gasteiger partial charge < -0.3 is 0 Å². The van der Waals surface area contributed by atoms with Gasteiger partial charge in [0, 0.05) is 6.42 Å². The molecule has 1 aromatic heterocycles. The zero-order chi connectivity index (χ0) is 12.7. The summed E-state index contributed by atoms with van der Waals surface area (Å²) in [7, 11) is 0. The van der Waals surface area contributed by atoms with Crippen molar-refractivity contribution in [2.24, 2.45) is 0 Å². The Labute approximate surface area is 106 Å². The van der Waals surface area contributed by atoms with Crippen LogP contribution in [0.3, 0.4) is 0 Å². The van der Waals surface area contributed by atoms with Crippen molar-refractivity contribution in [3.8, 4) is 0 Å². The molecule has 0 aromatic carbocycles. The van der Waals surface area contributed by atoms with Crippen molar-refractivity contribution in [1.82, 2.24) is 15.1 Å². The van der Waals surface area contributed by atoms with E-state index >= 15 is 0 Å². The normalized spacial score (nSPS) is 10.8. The van der Waals surface area contributed by atoms with E-state index in [1.807, 2.05) is 13.8 Å². The molecule has 5 nitrogen and oxygen atoms in total. The van der Waals surface area contributed by atoms with Crippen LogP contribution in [-0.4, -0.2) is 40.6 Å². The molecular formula is C11H20N4OS. The van der Waals surface area contributed by atoms with E-state index in [1.165, 1.54) is 11.3 Å². The monoisotopic (exact) mass is 256 g/mol. The lowest BCUT2D eigenvalue weighted by Gasteiger charge is -2.16. The summed E-state index contributed by atoms with van der Waals surface area (Å²) in [5.74, 6) is -0.0205. The summed E-state index contributed by atoms with van der Waals surface area (Å²) in [6.07, 6.45) is 1.96. The van der Waals surface area contributed by atoms with Crippen LogP contribution in [-0.2, 0) is 11.2 Å². The molecule has 0 bridgehead atoms. The number of hydrogen-bond acceptors (Lipinski definition) is 5. The second kappa shape index (κ2) is 7.34. The first-order valence-corrected chi connectivity index (χ1v) is 6.85. The van der Waals surface area contributed by atoms with Gasteiger partial charge in [0.2, 0.25) is 11.0 Å². The molecule has 1 heterocycles. The van der Waals surface area contributed by atoms with E-state index in [9.17, 15) is 4.79 Å². The lowest BCUT2D eigenvalue weighted by molar-refractivity contribution is -0.117. The first kappa shape index (κ1) is 14.1. The molecule has 0 fully saturated rings. The van der Waals surface area contributed by atoms with Crippen molar-refractivity contribution in [3.05, 3.63) is 5.01 Å². The molecule has 1 rings (SSSR count). The van der Waals surface area contributed by atoms with Crippen molar-refractivity contribution in [2.45, 2.75) is 33.6 Å². The molecule has 0 aliphatic carbocycles. The smallest absolute Gasteiger partial charge is 0.240 e. The maximum atomic E-state index is 11.7. The fourth-order valence-electron chi connectivity index (χ4n) is 1.43. The average molecular weight is 256 g/mol. The summed E-state index contributed by atoms with van der Waals surface area (Å²) in [5.41, 5.74) is 0. The zero-order valence-corrected chi connectivity index (χ0v) is 11.5. The molecule has 0 atom stereocenters. The molecule has 96 valence electrons. The Morgan fingerprint density at radius 2 is 2.00 bits per heavy atom. The van der Waals surface area contributed by atoms with E-state index in [0.717, 1.165) is 30.9 Å². The molecule has 0 aliphatic heterocycles. The van der Waals surface area contributed by atoms with Crippen molar-refractivity contribution in [2.75, 3.05) is 25.0 Å². The number of nitrogens with zero attached hydrogens (tertiary/aromatic N) is 3. The van der Waals surface area contributed by atoms with E-state index in [2.05, 4.69) is 27.3 Å². The highest BCUT2D eigenvalue weighted by Crippen LogP contribution is 2.16. The van der Waals surface area contributed by atoms with Crippen LogP contribution in [0.15, 0.2) is 0 Å². The molecule has 0 unspecified atom stereocenters. The number of carbonyl (C=O) groups excluding carboxylic acids is 1. The van der Waals surface area contributed by atoms with Gasteiger partial charge in [0.15, 0.2) is 0 Å². The predicted molar refractivity (Wildman–Crippen MR) is 70.3 cm³/mol. The van der Waals surface area contributed by atoms with Gasteiger partial charge in [-0.15, -0.1) is 10.2 Å². The van der Waals surface area contributed by atoms with E-state index < -0.39 is 0 Å².